The number of thioether (sulfide) groups is 1. The fourth-order valence-electron chi connectivity index (χ4n) is 4.13. The summed E-state index contributed by atoms with van der Waals surface area (Å²) in [5.41, 5.74) is 6.28. The maximum atomic E-state index is 12.9. The molecule has 0 saturated carbocycles. The average Bonchev–Trinajstić information content (AvgIpc) is 3.08. The first-order chi connectivity index (χ1) is 13.6. The van der Waals surface area contributed by atoms with Gasteiger partial charge < -0.3 is 10.2 Å². The van der Waals surface area contributed by atoms with Crippen molar-refractivity contribution in [1.29, 1.82) is 0 Å². The molecule has 4 rings (SSSR count). The molecule has 0 spiro atoms. The number of nitrogens with one attached hydrogen (secondary N) is 1. The van der Waals surface area contributed by atoms with Crippen LogP contribution in [0.15, 0.2) is 23.1 Å². The van der Waals surface area contributed by atoms with Crippen LogP contribution < -0.4 is 10.2 Å². The molecule has 3 nitrogen and oxygen atoms in total. The molecule has 6 heteroatoms. The Labute approximate surface area is 188 Å². The molecule has 2 heterocycles. The zero-order valence-electron chi connectivity index (χ0n) is 17.3. The van der Waals surface area contributed by atoms with Crippen molar-refractivity contribution in [2.45, 2.75) is 52.2 Å². The number of hydrogen-bond acceptors (Lipinski definition) is 4. The molecule has 1 aromatic carbocycles. The van der Waals surface area contributed by atoms with Crippen molar-refractivity contribution in [2.24, 2.45) is 0 Å². The largest absolute Gasteiger partial charge is 0.372 e. The number of amides is 1. The summed E-state index contributed by atoms with van der Waals surface area (Å²) in [6, 6.07) is 6.30. The minimum atomic E-state index is 0. The summed E-state index contributed by atoms with van der Waals surface area (Å²) in [7, 11) is 0. The summed E-state index contributed by atoms with van der Waals surface area (Å²) in [6.07, 6.45) is 7.15. The van der Waals surface area contributed by atoms with E-state index in [1.807, 2.05) is 17.4 Å². The van der Waals surface area contributed by atoms with E-state index >= 15 is 0 Å². The van der Waals surface area contributed by atoms with E-state index in [1.54, 1.807) is 22.2 Å². The molecular weight excluding hydrogens is 420 g/mol. The third-order valence-corrected chi connectivity index (χ3v) is 8.09. The van der Waals surface area contributed by atoms with Crippen LogP contribution in [0.1, 0.15) is 53.1 Å². The molecular formula is C23H29ClN2OS2. The average molecular weight is 449 g/mol. The van der Waals surface area contributed by atoms with Gasteiger partial charge in [-0.3, -0.25) is 4.79 Å². The van der Waals surface area contributed by atoms with Crippen molar-refractivity contribution < 1.29 is 4.79 Å². The number of benzene rings is 1. The van der Waals surface area contributed by atoms with E-state index in [-0.39, 0.29) is 18.3 Å². The van der Waals surface area contributed by atoms with Crippen LogP contribution in [-0.4, -0.2) is 19.0 Å². The maximum Gasteiger partial charge on any atom is 0.262 e. The van der Waals surface area contributed by atoms with Crippen LogP contribution in [0.2, 0.25) is 0 Å². The zero-order valence-corrected chi connectivity index (χ0v) is 19.8. The Morgan fingerprint density at radius 3 is 2.62 bits per heavy atom. The number of carbonyl (C=O) groups excluding carboxylic acids is 1. The first-order valence-corrected chi connectivity index (χ1v) is 12.1. The fraction of sp³-hybridized carbons (Fsp3) is 0.435. The van der Waals surface area contributed by atoms with Gasteiger partial charge in [0, 0.05) is 40.0 Å². The van der Waals surface area contributed by atoms with Crippen molar-refractivity contribution in [3.05, 3.63) is 49.5 Å². The van der Waals surface area contributed by atoms with Gasteiger partial charge in [0.25, 0.3) is 5.91 Å². The van der Waals surface area contributed by atoms with E-state index in [2.05, 4.69) is 49.2 Å². The van der Waals surface area contributed by atoms with Gasteiger partial charge in [0.05, 0.1) is 4.91 Å². The highest BCUT2D eigenvalue weighted by molar-refractivity contribution is 8.03. The van der Waals surface area contributed by atoms with E-state index in [0.29, 0.717) is 0 Å². The second-order valence-electron chi connectivity index (χ2n) is 7.48. The summed E-state index contributed by atoms with van der Waals surface area (Å²) < 4.78 is 0. The van der Waals surface area contributed by atoms with Gasteiger partial charge in [-0.05, 0) is 87.4 Å². The molecule has 0 fully saturated rings. The lowest BCUT2D eigenvalue weighted by Gasteiger charge is -2.22. The summed E-state index contributed by atoms with van der Waals surface area (Å²) in [5, 5.41) is 3.13. The van der Waals surface area contributed by atoms with Crippen LogP contribution in [0.5, 0.6) is 0 Å². The Morgan fingerprint density at radius 1 is 1.14 bits per heavy atom. The van der Waals surface area contributed by atoms with E-state index in [0.717, 1.165) is 35.0 Å². The molecule has 0 radical (unpaired) electrons. The molecule has 2 aliphatic rings. The van der Waals surface area contributed by atoms with E-state index in [1.165, 1.54) is 41.8 Å². The highest BCUT2D eigenvalue weighted by Gasteiger charge is 2.25. The lowest BCUT2D eigenvalue weighted by atomic mass is 9.95. The van der Waals surface area contributed by atoms with Gasteiger partial charge >= 0.3 is 0 Å². The number of aryl methyl sites for hydroxylation is 2. The number of carbonyl (C=O) groups is 1. The third-order valence-electron chi connectivity index (χ3n) is 5.76. The first-order valence-electron chi connectivity index (χ1n) is 10.3. The molecule has 1 amide bonds. The Morgan fingerprint density at radius 2 is 1.90 bits per heavy atom. The van der Waals surface area contributed by atoms with E-state index in [4.69, 9.17) is 0 Å². The van der Waals surface area contributed by atoms with E-state index in [9.17, 15) is 4.79 Å². The lowest BCUT2D eigenvalue weighted by Crippen LogP contribution is -2.22. The quantitative estimate of drug-likeness (QED) is 0.571. The highest BCUT2D eigenvalue weighted by Crippen LogP contribution is 2.42. The summed E-state index contributed by atoms with van der Waals surface area (Å²) >= 11 is 3.58. The second kappa shape index (κ2) is 9.59. The predicted octanol–water partition coefficient (Wildman–Crippen LogP) is 6.43. The van der Waals surface area contributed by atoms with Crippen LogP contribution >= 0.6 is 35.5 Å². The van der Waals surface area contributed by atoms with Crippen molar-refractivity contribution in [3.8, 4) is 0 Å². The van der Waals surface area contributed by atoms with Gasteiger partial charge in [0.1, 0.15) is 0 Å². The molecule has 1 aromatic heterocycles. The molecule has 0 bridgehead atoms. The smallest absolute Gasteiger partial charge is 0.262 e. The molecule has 2 aromatic rings. The summed E-state index contributed by atoms with van der Waals surface area (Å²) in [4.78, 5) is 18.9. The normalized spacial score (nSPS) is 14.9. The number of nitrogens with zero attached hydrogens (tertiary/aromatic N) is 1. The van der Waals surface area contributed by atoms with Crippen LogP contribution in [0.25, 0.3) is 6.08 Å². The van der Waals surface area contributed by atoms with Crippen LogP contribution in [0.3, 0.4) is 0 Å². The Kier molecular flexibility index (Phi) is 7.36. The molecule has 0 unspecified atom stereocenters. The van der Waals surface area contributed by atoms with Crippen molar-refractivity contribution >= 4 is 58.9 Å². The standard InChI is InChI=1S/C23H28N2OS2.ClH/c1-4-25(5-2)16-10-11-19(15(3)12-16)24-23(26)22-13-21-18(14-27-22)17-8-6-7-9-20(17)28-21;/h10-13H,4-9,14H2,1-3H3,(H,24,26);1H. The third kappa shape index (κ3) is 4.52. The van der Waals surface area contributed by atoms with Gasteiger partial charge in [-0.2, -0.15) is 0 Å². The zero-order chi connectivity index (χ0) is 19.7. The minimum absolute atomic E-state index is 0. The molecule has 1 aliphatic carbocycles. The molecule has 29 heavy (non-hydrogen) atoms. The molecule has 1 aliphatic heterocycles. The lowest BCUT2D eigenvalue weighted by molar-refractivity contribution is -0.112. The Hall–Kier alpha value is -1.43. The van der Waals surface area contributed by atoms with Crippen LogP contribution in [0.4, 0.5) is 11.4 Å². The number of halogens is 1. The van der Waals surface area contributed by atoms with Gasteiger partial charge in [-0.15, -0.1) is 35.5 Å². The number of fused-ring (bicyclic) bond motifs is 3. The van der Waals surface area contributed by atoms with Crippen molar-refractivity contribution in [1.82, 2.24) is 0 Å². The van der Waals surface area contributed by atoms with Crippen LogP contribution in [-0.2, 0) is 23.4 Å². The highest BCUT2D eigenvalue weighted by atomic mass is 35.5. The number of thiophene rings is 1. The topological polar surface area (TPSA) is 32.3 Å². The maximum absolute atomic E-state index is 12.9. The summed E-state index contributed by atoms with van der Waals surface area (Å²) in [5.74, 6) is 0.945. The van der Waals surface area contributed by atoms with Gasteiger partial charge in [-0.1, -0.05) is 0 Å². The molecule has 0 atom stereocenters. The molecule has 156 valence electrons. The van der Waals surface area contributed by atoms with E-state index < -0.39 is 0 Å². The van der Waals surface area contributed by atoms with Crippen LogP contribution in [0, 0.1) is 6.92 Å². The summed E-state index contributed by atoms with van der Waals surface area (Å²) in [6.45, 7) is 8.36. The van der Waals surface area contributed by atoms with Gasteiger partial charge in [-0.25, -0.2) is 0 Å². The fourth-order valence-corrected chi connectivity index (χ4v) is 6.66. The number of rotatable bonds is 5. The van der Waals surface area contributed by atoms with Gasteiger partial charge in [0.15, 0.2) is 0 Å². The van der Waals surface area contributed by atoms with Crippen molar-refractivity contribution in [2.75, 3.05) is 23.3 Å². The predicted molar refractivity (Wildman–Crippen MR) is 131 cm³/mol. The number of hydrogen-bond donors (Lipinski definition) is 1. The molecule has 0 saturated heterocycles. The minimum Gasteiger partial charge on any atom is -0.372 e. The number of anilines is 2. The Balaban J connectivity index is 0.00000240. The Bertz CT molecular complexity index is 931. The van der Waals surface area contributed by atoms with Crippen molar-refractivity contribution in [3.63, 3.8) is 0 Å². The monoisotopic (exact) mass is 448 g/mol. The second-order valence-corrected chi connectivity index (χ2v) is 9.63. The first kappa shape index (κ1) is 22.3. The molecule has 1 N–H and O–H groups in total. The SMILES string of the molecule is CCN(CC)c1ccc(NC(=O)C2=Cc3sc4c(c3CS2)CCCC4)c(C)c1.Cl. The van der Waals surface area contributed by atoms with Gasteiger partial charge in [0.2, 0.25) is 0 Å².